The monoisotopic (exact) mass is 341 g/mol. The van der Waals surface area contributed by atoms with Crippen LogP contribution < -0.4 is 0 Å². The molecule has 0 atom stereocenters. The van der Waals surface area contributed by atoms with E-state index in [0.29, 0.717) is 35.6 Å². The van der Waals surface area contributed by atoms with Crippen molar-refractivity contribution < 1.29 is 9.18 Å². The van der Waals surface area contributed by atoms with Gasteiger partial charge in [0.1, 0.15) is 23.7 Å². The zero-order chi connectivity index (χ0) is 17.4. The van der Waals surface area contributed by atoms with Gasteiger partial charge in [-0.25, -0.2) is 4.39 Å². The molecule has 0 spiro atoms. The number of halogens is 1. The summed E-state index contributed by atoms with van der Waals surface area (Å²) in [5.41, 5.74) is 1.09. The molecule has 130 valence electrons. The van der Waals surface area contributed by atoms with E-state index < -0.39 is 0 Å². The molecule has 1 fully saturated rings. The maximum atomic E-state index is 13.8. The van der Waals surface area contributed by atoms with Crippen molar-refractivity contribution in [1.82, 2.24) is 24.6 Å². The number of piperidine rings is 1. The van der Waals surface area contributed by atoms with Crippen LogP contribution in [0.4, 0.5) is 4.39 Å². The van der Waals surface area contributed by atoms with Gasteiger partial charge in [0.05, 0.1) is 0 Å². The first-order valence-corrected chi connectivity index (χ1v) is 8.61. The van der Waals surface area contributed by atoms with Crippen molar-refractivity contribution in [3.63, 3.8) is 0 Å². The van der Waals surface area contributed by atoms with E-state index in [1.54, 1.807) is 24.5 Å². The van der Waals surface area contributed by atoms with E-state index in [-0.39, 0.29) is 11.7 Å². The summed E-state index contributed by atoms with van der Waals surface area (Å²) in [7, 11) is 0. The molecular formula is C18H20FN5O. The summed E-state index contributed by atoms with van der Waals surface area (Å²) >= 11 is 0. The molecule has 25 heavy (non-hydrogen) atoms. The minimum Gasteiger partial charge on any atom is -0.350 e. The third-order valence-corrected chi connectivity index (χ3v) is 4.97. The lowest BCUT2D eigenvalue weighted by molar-refractivity contribution is 0.0705. The van der Waals surface area contributed by atoms with Gasteiger partial charge in [0.2, 0.25) is 0 Å². The zero-order valence-corrected chi connectivity index (χ0v) is 14.1. The average Bonchev–Trinajstić information content (AvgIpc) is 3.28. The number of amides is 1. The fourth-order valence-electron chi connectivity index (χ4n) is 3.57. The highest BCUT2D eigenvalue weighted by molar-refractivity contribution is 5.98. The van der Waals surface area contributed by atoms with Crippen LogP contribution in [0.3, 0.4) is 0 Å². The molecule has 4 rings (SSSR count). The fourth-order valence-corrected chi connectivity index (χ4v) is 3.57. The molecule has 6 nitrogen and oxygen atoms in total. The lowest BCUT2D eigenvalue weighted by atomic mass is 9.95. The van der Waals surface area contributed by atoms with Gasteiger partial charge < -0.3 is 14.5 Å². The van der Waals surface area contributed by atoms with E-state index in [2.05, 4.69) is 26.7 Å². The summed E-state index contributed by atoms with van der Waals surface area (Å²) in [6, 6.07) is 6.42. The number of H-pyrrole nitrogens is 1. The average molecular weight is 341 g/mol. The van der Waals surface area contributed by atoms with Gasteiger partial charge in [0, 0.05) is 36.5 Å². The summed E-state index contributed by atoms with van der Waals surface area (Å²) in [5.74, 6) is 0.936. The van der Waals surface area contributed by atoms with Crippen LogP contribution in [0.2, 0.25) is 0 Å². The summed E-state index contributed by atoms with van der Waals surface area (Å²) in [5, 5.41) is 8.69. The van der Waals surface area contributed by atoms with Crippen molar-refractivity contribution in [2.45, 2.75) is 32.2 Å². The zero-order valence-electron chi connectivity index (χ0n) is 14.1. The predicted molar refractivity (Wildman–Crippen MR) is 91.8 cm³/mol. The Bertz CT molecular complexity index is 907. The molecule has 1 amide bonds. The van der Waals surface area contributed by atoms with Crippen molar-refractivity contribution in [2.24, 2.45) is 0 Å². The van der Waals surface area contributed by atoms with E-state index >= 15 is 0 Å². The molecule has 1 N–H and O–H groups in total. The van der Waals surface area contributed by atoms with Crippen molar-refractivity contribution in [3.05, 3.63) is 47.9 Å². The third kappa shape index (κ3) is 2.79. The molecule has 1 saturated heterocycles. The highest BCUT2D eigenvalue weighted by Crippen LogP contribution is 2.28. The maximum Gasteiger partial charge on any atom is 0.270 e. The number of benzene rings is 1. The number of fused-ring (bicyclic) bond motifs is 1. The molecule has 1 aliphatic rings. The van der Waals surface area contributed by atoms with Gasteiger partial charge in [-0.2, -0.15) is 0 Å². The van der Waals surface area contributed by atoms with E-state index in [0.717, 1.165) is 25.2 Å². The SMILES string of the molecule is CCn1cnnc1C1CCN(C(=O)c2cc3c(F)cccc3[nH]2)CC1. The number of carbonyl (C=O) groups excluding carboxylic acids is 1. The minimum absolute atomic E-state index is 0.0778. The highest BCUT2D eigenvalue weighted by Gasteiger charge is 2.28. The first kappa shape index (κ1) is 15.8. The molecular weight excluding hydrogens is 321 g/mol. The second kappa shape index (κ2) is 6.31. The molecule has 3 aromatic rings. The number of aryl methyl sites for hydroxylation is 1. The van der Waals surface area contributed by atoms with Gasteiger partial charge in [-0.3, -0.25) is 4.79 Å². The Morgan fingerprint density at radius 3 is 2.88 bits per heavy atom. The van der Waals surface area contributed by atoms with Crippen LogP contribution in [0.1, 0.15) is 42.0 Å². The van der Waals surface area contributed by atoms with Crippen LogP contribution in [0.15, 0.2) is 30.6 Å². The second-order valence-electron chi connectivity index (χ2n) is 6.43. The lowest BCUT2D eigenvalue weighted by Gasteiger charge is -2.31. The molecule has 2 aromatic heterocycles. The van der Waals surface area contributed by atoms with Gasteiger partial charge in [0.15, 0.2) is 0 Å². The number of rotatable bonds is 3. The van der Waals surface area contributed by atoms with Crippen LogP contribution >= 0.6 is 0 Å². The van der Waals surface area contributed by atoms with E-state index in [1.807, 2.05) is 4.90 Å². The molecule has 1 aliphatic heterocycles. The smallest absolute Gasteiger partial charge is 0.270 e. The molecule has 1 aromatic carbocycles. The van der Waals surface area contributed by atoms with Gasteiger partial charge in [-0.15, -0.1) is 10.2 Å². The number of carbonyl (C=O) groups is 1. The molecule has 0 bridgehead atoms. The first-order valence-electron chi connectivity index (χ1n) is 8.61. The van der Waals surface area contributed by atoms with Gasteiger partial charge in [-0.05, 0) is 38.0 Å². The number of nitrogens with one attached hydrogen (secondary N) is 1. The van der Waals surface area contributed by atoms with Crippen LogP contribution in [0.25, 0.3) is 10.9 Å². The van der Waals surface area contributed by atoms with Crippen LogP contribution in [-0.4, -0.2) is 43.6 Å². The summed E-state index contributed by atoms with van der Waals surface area (Å²) in [6.45, 7) is 4.25. The summed E-state index contributed by atoms with van der Waals surface area (Å²) < 4.78 is 15.9. The van der Waals surface area contributed by atoms with Gasteiger partial charge in [0.25, 0.3) is 5.91 Å². The molecule has 0 aliphatic carbocycles. The lowest BCUT2D eigenvalue weighted by Crippen LogP contribution is -2.38. The van der Waals surface area contributed by atoms with E-state index in [1.165, 1.54) is 6.07 Å². The third-order valence-electron chi connectivity index (χ3n) is 4.97. The number of aromatic amines is 1. The highest BCUT2D eigenvalue weighted by atomic mass is 19.1. The number of likely N-dealkylation sites (tertiary alicyclic amines) is 1. The van der Waals surface area contributed by atoms with Crippen molar-refractivity contribution >= 4 is 16.8 Å². The van der Waals surface area contributed by atoms with Crippen LogP contribution in [0, 0.1) is 5.82 Å². The summed E-state index contributed by atoms with van der Waals surface area (Å²) in [4.78, 5) is 17.6. The van der Waals surface area contributed by atoms with Gasteiger partial charge >= 0.3 is 0 Å². The fraction of sp³-hybridized carbons (Fsp3) is 0.389. The first-order chi connectivity index (χ1) is 12.2. The number of hydrogen-bond acceptors (Lipinski definition) is 3. The molecule has 0 unspecified atom stereocenters. The second-order valence-corrected chi connectivity index (χ2v) is 6.43. The van der Waals surface area contributed by atoms with Crippen LogP contribution in [0.5, 0.6) is 0 Å². The normalized spacial score (nSPS) is 15.8. The number of aromatic nitrogens is 4. The molecule has 0 saturated carbocycles. The Labute approximate surface area is 144 Å². The predicted octanol–water partition coefficient (Wildman–Crippen LogP) is 2.94. The standard InChI is InChI=1S/C18H20FN5O/c1-2-23-11-20-22-17(23)12-6-8-24(9-7-12)18(25)16-10-13-14(19)4-3-5-15(13)21-16/h3-5,10-12,21H,2,6-9H2,1H3. The summed E-state index contributed by atoms with van der Waals surface area (Å²) in [6.07, 6.45) is 3.48. The Morgan fingerprint density at radius 1 is 1.36 bits per heavy atom. The van der Waals surface area contributed by atoms with E-state index in [9.17, 15) is 9.18 Å². The quantitative estimate of drug-likeness (QED) is 0.796. The van der Waals surface area contributed by atoms with Crippen LogP contribution in [-0.2, 0) is 6.54 Å². The topological polar surface area (TPSA) is 66.8 Å². The number of nitrogens with zero attached hydrogens (tertiary/aromatic N) is 4. The van der Waals surface area contributed by atoms with E-state index in [4.69, 9.17) is 0 Å². The Morgan fingerprint density at radius 2 is 2.16 bits per heavy atom. The van der Waals surface area contributed by atoms with Crippen molar-refractivity contribution in [3.8, 4) is 0 Å². The Balaban J connectivity index is 1.48. The minimum atomic E-state index is -0.314. The van der Waals surface area contributed by atoms with Gasteiger partial charge in [-0.1, -0.05) is 6.07 Å². The molecule has 7 heteroatoms. The van der Waals surface area contributed by atoms with Crippen molar-refractivity contribution in [2.75, 3.05) is 13.1 Å². The number of hydrogen-bond donors (Lipinski definition) is 1. The Kier molecular flexibility index (Phi) is 3.99. The molecule has 3 heterocycles. The Hall–Kier alpha value is -2.70. The maximum absolute atomic E-state index is 13.8. The van der Waals surface area contributed by atoms with Crippen molar-refractivity contribution in [1.29, 1.82) is 0 Å². The largest absolute Gasteiger partial charge is 0.350 e. The molecule has 0 radical (unpaired) electrons.